The predicted octanol–water partition coefficient (Wildman–Crippen LogP) is 6.10. The number of aromatic amines is 1. The number of aromatic nitrogens is 4. The lowest BCUT2D eigenvalue weighted by Crippen LogP contribution is -1.99. The van der Waals surface area contributed by atoms with Gasteiger partial charge in [-0.1, -0.05) is 25.1 Å². The minimum atomic E-state index is 0.153. The number of nitrogens with one attached hydrogen (secondary N) is 1. The van der Waals surface area contributed by atoms with Crippen molar-refractivity contribution in [3.63, 3.8) is 0 Å². The third-order valence-corrected chi connectivity index (χ3v) is 6.21. The van der Waals surface area contributed by atoms with Crippen LogP contribution < -0.4 is 4.74 Å². The molecule has 6 nitrogen and oxygen atoms in total. The van der Waals surface area contributed by atoms with E-state index in [9.17, 15) is 5.11 Å². The standard InChI is InChI=1S/C29H28N4O2/c1-20(23-7-6-21-12-14-33(2)28(21)16-23)15-26-17-24(31-32-26)10-8-22-9-11-27(18-29(22)34)35-19-25-5-3-4-13-30-25/h3-14,16-18,20,34H,15,19H2,1-2H3,(H,31,32)/b10-8+. The molecule has 0 saturated heterocycles. The van der Waals surface area contributed by atoms with Crippen LogP contribution in [0, 0.1) is 0 Å². The molecule has 0 spiro atoms. The maximum atomic E-state index is 10.4. The van der Waals surface area contributed by atoms with Gasteiger partial charge in [-0.05, 0) is 77.9 Å². The number of benzene rings is 2. The lowest BCUT2D eigenvalue weighted by atomic mass is 9.95. The number of H-pyrrole nitrogens is 1. The van der Waals surface area contributed by atoms with Crippen molar-refractivity contribution < 1.29 is 9.84 Å². The first-order valence-electron chi connectivity index (χ1n) is 11.7. The van der Waals surface area contributed by atoms with Gasteiger partial charge in [0.1, 0.15) is 18.1 Å². The number of phenols is 1. The van der Waals surface area contributed by atoms with E-state index in [4.69, 9.17) is 4.74 Å². The van der Waals surface area contributed by atoms with Gasteiger partial charge in [-0.25, -0.2) is 0 Å². The molecule has 35 heavy (non-hydrogen) atoms. The molecule has 6 heteroatoms. The van der Waals surface area contributed by atoms with Crippen LogP contribution in [0.15, 0.2) is 79.1 Å². The van der Waals surface area contributed by atoms with Crippen LogP contribution >= 0.6 is 0 Å². The normalized spacial score (nSPS) is 12.4. The number of aromatic hydroxyl groups is 1. The number of pyridine rings is 1. The number of ether oxygens (including phenoxy) is 1. The van der Waals surface area contributed by atoms with Crippen LogP contribution in [0.3, 0.4) is 0 Å². The van der Waals surface area contributed by atoms with E-state index in [1.165, 1.54) is 16.5 Å². The monoisotopic (exact) mass is 464 g/mol. The molecule has 3 aromatic heterocycles. The fourth-order valence-electron chi connectivity index (χ4n) is 4.17. The average molecular weight is 465 g/mol. The second kappa shape index (κ2) is 9.89. The molecule has 0 aliphatic heterocycles. The maximum absolute atomic E-state index is 10.4. The third-order valence-electron chi connectivity index (χ3n) is 6.21. The van der Waals surface area contributed by atoms with Crippen LogP contribution in [0.4, 0.5) is 0 Å². The Hall–Kier alpha value is -4.32. The zero-order chi connectivity index (χ0) is 24.2. The van der Waals surface area contributed by atoms with Crippen LogP contribution in [0.1, 0.15) is 41.1 Å². The van der Waals surface area contributed by atoms with Gasteiger partial charge >= 0.3 is 0 Å². The molecule has 0 aliphatic carbocycles. The summed E-state index contributed by atoms with van der Waals surface area (Å²) in [6.07, 6.45) is 8.43. The van der Waals surface area contributed by atoms with Crippen molar-refractivity contribution in [1.29, 1.82) is 0 Å². The van der Waals surface area contributed by atoms with Crippen molar-refractivity contribution in [2.75, 3.05) is 0 Å². The Morgan fingerprint density at radius 2 is 1.97 bits per heavy atom. The third kappa shape index (κ3) is 5.27. The molecule has 5 aromatic rings. The number of hydrogen-bond acceptors (Lipinski definition) is 4. The maximum Gasteiger partial charge on any atom is 0.130 e. The summed E-state index contributed by atoms with van der Waals surface area (Å²) >= 11 is 0. The minimum absolute atomic E-state index is 0.153. The number of rotatable bonds is 8. The molecular weight excluding hydrogens is 436 g/mol. The van der Waals surface area contributed by atoms with E-state index in [0.717, 1.165) is 23.5 Å². The molecule has 0 bridgehead atoms. The summed E-state index contributed by atoms with van der Waals surface area (Å²) in [6, 6.07) is 21.8. The quantitative estimate of drug-likeness (QED) is 0.291. The van der Waals surface area contributed by atoms with Crippen molar-refractivity contribution >= 4 is 23.1 Å². The molecule has 1 unspecified atom stereocenters. The molecule has 2 N–H and O–H groups in total. The van der Waals surface area contributed by atoms with Crippen LogP contribution in [-0.4, -0.2) is 24.9 Å². The van der Waals surface area contributed by atoms with Gasteiger partial charge in [0.2, 0.25) is 0 Å². The Morgan fingerprint density at radius 3 is 2.80 bits per heavy atom. The van der Waals surface area contributed by atoms with Gasteiger partial charge in [0, 0.05) is 42.3 Å². The van der Waals surface area contributed by atoms with E-state index in [1.54, 1.807) is 12.3 Å². The Balaban J connectivity index is 1.21. The van der Waals surface area contributed by atoms with Crippen molar-refractivity contribution in [1.82, 2.24) is 19.7 Å². The number of hydrogen-bond donors (Lipinski definition) is 2. The van der Waals surface area contributed by atoms with Gasteiger partial charge in [0.15, 0.2) is 0 Å². The lowest BCUT2D eigenvalue weighted by Gasteiger charge is -2.11. The van der Waals surface area contributed by atoms with E-state index in [2.05, 4.69) is 70.2 Å². The molecule has 0 saturated carbocycles. The largest absolute Gasteiger partial charge is 0.507 e. The highest BCUT2D eigenvalue weighted by Gasteiger charge is 2.11. The van der Waals surface area contributed by atoms with E-state index < -0.39 is 0 Å². The summed E-state index contributed by atoms with van der Waals surface area (Å²) in [4.78, 5) is 4.24. The minimum Gasteiger partial charge on any atom is -0.507 e. The van der Waals surface area contributed by atoms with E-state index in [0.29, 0.717) is 23.8 Å². The molecule has 0 amide bonds. The van der Waals surface area contributed by atoms with Gasteiger partial charge in [0.05, 0.1) is 11.4 Å². The molecule has 0 radical (unpaired) electrons. The van der Waals surface area contributed by atoms with E-state index >= 15 is 0 Å². The number of fused-ring (bicyclic) bond motifs is 1. The average Bonchev–Trinajstić information content (AvgIpc) is 3.48. The molecule has 5 rings (SSSR count). The summed E-state index contributed by atoms with van der Waals surface area (Å²) in [5.74, 6) is 1.10. The molecule has 0 aliphatic rings. The molecular formula is C29H28N4O2. The fourth-order valence-corrected chi connectivity index (χ4v) is 4.17. The second-order valence-corrected chi connectivity index (χ2v) is 8.83. The van der Waals surface area contributed by atoms with Crippen LogP contribution in [0.5, 0.6) is 11.5 Å². The Labute approximate surface area is 204 Å². The highest BCUT2D eigenvalue weighted by Crippen LogP contribution is 2.27. The Morgan fingerprint density at radius 1 is 1.06 bits per heavy atom. The molecule has 1 atom stereocenters. The Bertz CT molecular complexity index is 1470. The highest BCUT2D eigenvalue weighted by molar-refractivity contribution is 5.80. The fraction of sp³-hybridized carbons (Fsp3) is 0.172. The van der Waals surface area contributed by atoms with Crippen molar-refractivity contribution in [2.45, 2.75) is 25.9 Å². The topological polar surface area (TPSA) is 76.0 Å². The van der Waals surface area contributed by atoms with Crippen molar-refractivity contribution in [3.05, 3.63) is 107 Å². The zero-order valence-corrected chi connectivity index (χ0v) is 19.8. The molecule has 3 heterocycles. The van der Waals surface area contributed by atoms with Gasteiger partial charge in [-0.2, -0.15) is 5.10 Å². The SMILES string of the molecule is CC(Cc1cc(/C=C/c2ccc(OCc3ccccn3)cc2O)n[nH]1)c1ccc2ccn(C)c2c1. The summed E-state index contributed by atoms with van der Waals surface area (Å²) in [5, 5.41) is 19.2. The molecule has 176 valence electrons. The first-order valence-corrected chi connectivity index (χ1v) is 11.7. The van der Waals surface area contributed by atoms with E-state index in [1.807, 2.05) is 42.5 Å². The molecule has 2 aromatic carbocycles. The van der Waals surface area contributed by atoms with E-state index in [-0.39, 0.29) is 5.75 Å². The van der Waals surface area contributed by atoms with Crippen LogP contribution in [0.25, 0.3) is 23.1 Å². The van der Waals surface area contributed by atoms with Gasteiger partial charge < -0.3 is 14.4 Å². The number of nitrogens with zero attached hydrogens (tertiary/aromatic N) is 3. The van der Waals surface area contributed by atoms with Crippen LogP contribution in [-0.2, 0) is 20.1 Å². The second-order valence-electron chi connectivity index (χ2n) is 8.83. The first kappa shape index (κ1) is 22.5. The lowest BCUT2D eigenvalue weighted by molar-refractivity contribution is 0.299. The number of aryl methyl sites for hydroxylation is 1. The van der Waals surface area contributed by atoms with Gasteiger partial charge in [0.25, 0.3) is 0 Å². The Kier molecular flexibility index (Phi) is 6.35. The van der Waals surface area contributed by atoms with Crippen molar-refractivity contribution in [3.8, 4) is 11.5 Å². The van der Waals surface area contributed by atoms with Gasteiger partial charge in [-0.15, -0.1) is 0 Å². The summed E-state index contributed by atoms with van der Waals surface area (Å²) in [7, 11) is 2.07. The number of phenolic OH excluding ortho intramolecular Hbond substituents is 1. The summed E-state index contributed by atoms with van der Waals surface area (Å²) in [6.45, 7) is 2.58. The smallest absolute Gasteiger partial charge is 0.130 e. The predicted molar refractivity (Wildman–Crippen MR) is 139 cm³/mol. The van der Waals surface area contributed by atoms with Crippen LogP contribution in [0.2, 0.25) is 0 Å². The summed E-state index contributed by atoms with van der Waals surface area (Å²) in [5.41, 5.74) is 5.98. The van der Waals surface area contributed by atoms with Gasteiger partial charge in [-0.3, -0.25) is 10.1 Å². The zero-order valence-electron chi connectivity index (χ0n) is 19.8. The molecule has 0 fully saturated rings. The summed E-state index contributed by atoms with van der Waals surface area (Å²) < 4.78 is 7.88. The van der Waals surface area contributed by atoms with Crippen molar-refractivity contribution in [2.24, 2.45) is 7.05 Å². The first-order chi connectivity index (χ1) is 17.0. The highest BCUT2D eigenvalue weighted by atomic mass is 16.5.